The molecule has 0 spiro atoms. The summed E-state index contributed by atoms with van der Waals surface area (Å²) in [5, 5.41) is 0. The Morgan fingerprint density at radius 1 is 1.13 bits per heavy atom. The molecule has 2 heterocycles. The van der Waals surface area contributed by atoms with Crippen LogP contribution in [0.25, 0.3) is 16.6 Å². The van der Waals surface area contributed by atoms with Gasteiger partial charge in [0.1, 0.15) is 11.3 Å². The van der Waals surface area contributed by atoms with Crippen molar-refractivity contribution in [3.8, 4) is 0 Å². The van der Waals surface area contributed by atoms with E-state index in [1.54, 1.807) is 49.1 Å². The van der Waals surface area contributed by atoms with Crippen LogP contribution in [-0.4, -0.2) is 32.2 Å². The SMILES string of the molecule is C[C@H](c1ccc(C(F)(F)F)cc1)N(C)C(=O)c1ccc2nc(N)c3cncn3c2c1. The van der Waals surface area contributed by atoms with Gasteiger partial charge in [-0.05, 0) is 42.8 Å². The van der Waals surface area contributed by atoms with E-state index in [4.69, 9.17) is 5.73 Å². The highest BCUT2D eigenvalue weighted by Gasteiger charge is 2.30. The number of aromatic nitrogens is 3. The maximum atomic E-state index is 13.0. The predicted molar refractivity (Wildman–Crippen MR) is 107 cm³/mol. The maximum Gasteiger partial charge on any atom is 0.416 e. The van der Waals surface area contributed by atoms with Crippen molar-refractivity contribution in [2.24, 2.45) is 0 Å². The van der Waals surface area contributed by atoms with E-state index in [-0.39, 0.29) is 5.91 Å². The molecule has 1 amide bonds. The zero-order valence-electron chi connectivity index (χ0n) is 16.2. The molecule has 0 saturated heterocycles. The number of fused-ring (bicyclic) bond motifs is 3. The number of carbonyl (C=O) groups excluding carboxylic acids is 1. The Kier molecular flexibility index (Phi) is 4.60. The van der Waals surface area contributed by atoms with Crippen molar-refractivity contribution < 1.29 is 18.0 Å². The van der Waals surface area contributed by atoms with Crippen LogP contribution >= 0.6 is 0 Å². The second-order valence-electron chi connectivity index (χ2n) is 7.06. The highest BCUT2D eigenvalue weighted by atomic mass is 19.4. The molecule has 30 heavy (non-hydrogen) atoms. The molecule has 0 saturated carbocycles. The summed E-state index contributed by atoms with van der Waals surface area (Å²) < 4.78 is 40.1. The van der Waals surface area contributed by atoms with Crippen molar-refractivity contribution in [3.05, 3.63) is 71.7 Å². The van der Waals surface area contributed by atoms with Crippen molar-refractivity contribution in [3.63, 3.8) is 0 Å². The first-order valence-corrected chi connectivity index (χ1v) is 9.12. The van der Waals surface area contributed by atoms with Crippen molar-refractivity contribution in [2.75, 3.05) is 12.8 Å². The molecule has 2 N–H and O–H groups in total. The number of imidazole rings is 1. The molecular weight excluding hydrogens is 395 g/mol. The molecule has 9 heteroatoms. The fourth-order valence-corrected chi connectivity index (χ4v) is 3.36. The first kappa shape index (κ1) is 19.7. The van der Waals surface area contributed by atoms with Gasteiger partial charge in [-0.25, -0.2) is 9.97 Å². The summed E-state index contributed by atoms with van der Waals surface area (Å²) in [6.07, 6.45) is -1.21. The zero-order valence-corrected chi connectivity index (χ0v) is 16.2. The van der Waals surface area contributed by atoms with Gasteiger partial charge in [-0.1, -0.05) is 12.1 Å². The van der Waals surface area contributed by atoms with Crippen molar-refractivity contribution in [1.82, 2.24) is 19.3 Å². The summed E-state index contributed by atoms with van der Waals surface area (Å²) in [5.41, 5.74) is 8.17. The lowest BCUT2D eigenvalue weighted by Crippen LogP contribution is -2.29. The van der Waals surface area contributed by atoms with Crippen LogP contribution in [0.5, 0.6) is 0 Å². The van der Waals surface area contributed by atoms with Crippen LogP contribution in [-0.2, 0) is 6.18 Å². The minimum atomic E-state index is -4.40. The Bertz CT molecular complexity index is 1250. The van der Waals surface area contributed by atoms with Crippen LogP contribution in [0.3, 0.4) is 0 Å². The third kappa shape index (κ3) is 3.32. The van der Waals surface area contributed by atoms with Gasteiger partial charge in [0, 0.05) is 12.6 Å². The molecule has 4 rings (SSSR count). The molecular formula is C21H18F3N5O. The summed E-state index contributed by atoms with van der Waals surface area (Å²) in [4.78, 5) is 22.9. The van der Waals surface area contributed by atoms with Gasteiger partial charge in [-0.2, -0.15) is 13.2 Å². The van der Waals surface area contributed by atoms with E-state index in [2.05, 4.69) is 9.97 Å². The number of rotatable bonds is 3. The van der Waals surface area contributed by atoms with Crippen LogP contribution in [0.4, 0.5) is 19.0 Å². The highest BCUT2D eigenvalue weighted by Crippen LogP contribution is 2.31. The van der Waals surface area contributed by atoms with E-state index in [1.165, 1.54) is 17.0 Å². The Morgan fingerprint density at radius 3 is 2.50 bits per heavy atom. The lowest BCUT2D eigenvalue weighted by atomic mass is 10.0. The molecule has 0 aliphatic rings. The molecule has 154 valence electrons. The molecule has 0 bridgehead atoms. The summed E-state index contributed by atoms with van der Waals surface area (Å²) in [6, 6.07) is 9.45. The standard InChI is InChI=1S/C21H18F3N5O/c1-12(13-3-6-15(7-4-13)21(22,23)24)28(2)20(30)14-5-8-16-17(9-14)29-11-26-10-18(29)19(25)27-16/h3-12H,1-2H3,(H2,25,27)/t12-/m1/s1. The first-order chi connectivity index (χ1) is 14.2. The van der Waals surface area contributed by atoms with Gasteiger partial charge in [-0.3, -0.25) is 9.20 Å². The minimum Gasteiger partial charge on any atom is -0.382 e. The topological polar surface area (TPSA) is 76.5 Å². The van der Waals surface area contributed by atoms with Gasteiger partial charge in [0.05, 0.1) is 35.2 Å². The number of amides is 1. The number of hydrogen-bond acceptors (Lipinski definition) is 4. The molecule has 0 unspecified atom stereocenters. The number of nitrogen functional groups attached to an aromatic ring is 1. The summed E-state index contributed by atoms with van der Waals surface area (Å²) in [6.45, 7) is 1.76. The van der Waals surface area contributed by atoms with E-state index in [0.717, 1.165) is 12.1 Å². The van der Waals surface area contributed by atoms with Gasteiger partial charge in [0.2, 0.25) is 0 Å². The van der Waals surface area contributed by atoms with Crippen molar-refractivity contribution >= 4 is 28.3 Å². The molecule has 0 aliphatic heterocycles. The van der Waals surface area contributed by atoms with Crippen LogP contribution in [0.2, 0.25) is 0 Å². The van der Waals surface area contributed by atoms with Crippen LogP contribution in [0.1, 0.15) is 34.5 Å². The van der Waals surface area contributed by atoms with E-state index >= 15 is 0 Å². The van der Waals surface area contributed by atoms with Gasteiger partial charge in [0.15, 0.2) is 0 Å². The number of nitrogens with zero attached hydrogens (tertiary/aromatic N) is 4. The second kappa shape index (κ2) is 7.01. The largest absolute Gasteiger partial charge is 0.416 e. The molecule has 0 radical (unpaired) electrons. The van der Waals surface area contributed by atoms with Gasteiger partial charge in [0.25, 0.3) is 5.91 Å². The van der Waals surface area contributed by atoms with Crippen molar-refractivity contribution in [2.45, 2.75) is 19.1 Å². The Balaban J connectivity index is 1.65. The molecule has 6 nitrogen and oxygen atoms in total. The number of halogens is 3. The molecule has 2 aromatic carbocycles. The molecule has 4 aromatic rings. The average Bonchev–Trinajstić information content (AvgIpc) is 3.22. The quantitative estimate of drug-likeness (QED) is 0.543. The van der Waals surface area contributed by atoms with E-state index in [9.17, 15) is 18.0 Å². The van der Waals surface area contributed by atoms with Crippen molar-refractivity contribution in [1.29, 1.82) is 0 Å². The summed E-state index contributed by atoms with van der Waals surface area (Å²) in [7, 11) is 1.61. The summed E-state index contributed by atoms with van der Waals surface area (Å²) >= 11 is 0. The maximum absolute atomic E-state index is 13.0. The third-order valence-electron chi connectivity index (χ3n) is 5.25. The lowest BCUT2D eigenvalue weighted by Gasteiger charge is -2.26. The zero-order chi connectivity index (χ0) is 21.6. The smallest absolute Gasteiger partial charge is 0.382 e. The van der Waals surface area contributed by atoms with E-state index in [1.807, 2.05) is 0 Å². The Labute approximate surface area is 169 Å². The van der Waals surface area contributed by atoms with Crippen LogP contribution < -0.4 is 5.73 Å². The lowest BCUT2D eigenvalue weighted by molar-refractivity contribution is -0.137. The number of anilines is 1. The number of hydrogen-bond donors (Lipinski definition) is 1. The van der Waals surface area contributed by atoms with Gasteiger partial charge in [-0.15, -0.1) is 0 Å². The van der Waals surface area contributed by atoms with Gasteiger partial charge >= 0.3 is 6.18 Å². The predicted octanol–water partition coefficient (Wildman–Crippen LogP) is 4.32. The number of benzene rings is 2. The number of alkyl halides is 3. The molecule has 2 aromatic heterocycles. The molecule has 0 fully saturated rings. The summed E-state index contributed by atoms with van der Waals surface area (Å²) in [5.74, 6) is 0.0708. The monoisotopic (exact) mass is 413 g/mol. The average molecular weight is 413 g/mol. The highest BCUT2D eigenvalue weighted by molar-refractivity contribution is 5.98. The minimum absolute atomic E-state index is 0.269. The fourth-order valence-electron chi connectivity index (χ4n) is 3.36. The third-order valence-corrected chi connectivity index (χ3v) is 5.25. The Morgan fingerprint density at radius 2 is 1.83 bits per heavy atom. The molecule has 1 atom stereocenters. The van der Waals surface area contributed by atoms with E-state index < -0.39 is 17.8 Å². The van der Waals surface area contributed by atoms with Crippen LogP contribution in [0, 0.1) is 0 Å². The normalized spacial score (nSPS) is 13.0. The van der Waals surface area contributed by atoms with Gasteiger partial charge < -0.3 is 10.6 Å². The fraction of sp³-hybridized carbons (Fsp3) is 0.190. The number of carbonyl (C=O) groups is 1. The molecule has 0 aliphatic carbocycles. The van der Waals surface area contributed by atoms with Crippen LogP contribution in [0.15, 0.2) is 55.0 Å². The number of nitrogens with two attached hydrogens (primary N) is 1. The Hall–Kier alpha value is -3.62. The van der Waals surface area contributed by atoms with E-state index in [0.29, 0.717) is 33.5 Å². The first-order valence-electron chi connectivity index (χ1n) is 9.12. The second-order valence-corrected chi connectivity index (χ2v) is 7.06.